The molecule has 1 aromatic heterocycles. The Labute approximate surface area is 110 Å². The number of nitrogens with two attached hydrogens (primary N) is 1. The molecule has 0 unspecified atom stereocenters. The van der Waals surface area contributed by atoms with Gasteiger partial charge in [-0.1, -0.05) is 13.3 Å². The highest BCUT2D eigenvalue weighted by molar-refractivity contribution is 5.61. The summed E-state index contributed by atoms with van der Waals surface area (Å²) in [6.45, 7) is 2.58. The average molecular weight is 261 g/mol. The lowest BCUT2D eigenvalue weighted by Crippen LogP contribution is -2.25. The first-order valence-corrected chi connectivity index (χ1v) is 6.25. The largest absolute Gasteiger partial charge is 0.394 e. The maximum Gasteiger partial charge on any atom is 0.289 e. The average Bonchev–Trinajstić information content (AvgIpc) is 2.41. The van der Waals surface area contributed by atoms with E-state index in [1.54, 1.807) is 12.1 Å². The Morgan fingerprint density at radius 3 is 2.63 bits per heavy atom. The fourth-order valence-corrected chi connectivity index (χ4v) is 1.78. The van der Waals surface area contributed by atoms with Crippen LogP contribution in [-0.2, 0) is 6.54 Å². The zero-order valence-corrected chi connectivity index (χ0v) is 10.8. The minimum absolute atomic E-state index is 0.158. The van der Waals surface area contributed by atoms with Crippen molar-refractivity contribution in [2.24, 2.45) is 0 Å². The van der Waals surface area contributed by atoms with Gasteiger partial charge in [-0.3, -0.25) is 4.79 Å². The van der Waals surface area contributed by atoms with Gasteiger partial charge in [0, 0.05) is 12.1 Å². The van der Waals surface area contributed by atoms with Crippen LogP contribution in [0.3, 0.4) is 0 Å². The summed E-state index contributed by atoms with van der Waals surface area (Å²) in [4.78, 5) is 11.8. The quantitative estimate of drug-likeness (QED) is 0.919. The number of unbranched alkanes of at least 4 members (excludes halogenated alkanes) is 1. The number of nitrogen functional groups attached to an aromatic ring is 1. The second kappa shape index (κ2) is 5.65. The normalized spacial score (nSPS) is 10.6. The second-order valence-corrected chi connectivity index (χ2v) is 4.37. The monoisotopic (exact) mass is 261 g/mol. The molecule has 2 rings (SSSR count). The minimum Gasteiger partial charge on any atom is -0.394 e. The minimum atomic E-state index is -0.309. The molecule has 1 aromatic carbocycles. The number of hydrogen-bond acceptors (Lipinski definition) is 3. The third kappa shape index (κ3) is 2.99. The van der Waals surface area contributed by atoms with Crippen molar-refractivity contribution in [3.8, 4) is 11.3 Å². The summed E-state index contributed by atoms with van der Waals surface area (Å²) >= 11 is 0. The molecule has 0 amide bonds. The van der Waals surface area contributed by atoms with Crippen LogP contribution in [0.5, 0.6) is 0 Å². The summed E-state index contributed by atoms with van der Waals surface area (Å²) in [5, 5.41) is 4.27. The van der Waals surface area contributed by atoms with Crippen molar-refractivity contribution in [1.29, 1.82) is 0 Å². The number of nitrogens with zero attached hydrogens (tertiary/aromatic N) is 2. The van der Waals surface area contributed by atoms with Gasteiger partial charge in [-0.25, -0.2) is 9.07 Å². The molecule has 0 saturated carbocycles. The van der Waals surface area contributed by atoms with Crippen LogP contribution in [0.25, 0.3) is 11.3 Å². The summed E-state index contributed by atoms with van der Waals surface area (Å²) in [6.07, 6.45) is 1.83. The van der Waals surface area contributed by atoms with Crippen molar-refractivity contribution >= 4 is 5.69 Å². The van der Waals surface area contributed by atoms with Gasteiger partial charge >= 0.3 is 0 Å². The van der Waals surface area contributed by atoms with E-state index in [0.717, 1.165) is 18.4 Å². The van der Waals surface area contributed by atoms with Crippen molar-refractivity contribution in [3.05, 3.63) is 46.5 Å². The van der Waals surface area contributed by atoms with Crippen LogP contribution in [-0.4, -0.2) is 9.78 Å². The van der Waals surface area contributed by atoms with Crippen molar-refractivity contribution in [2.45, 2.75) is 26.3 Å². The number of rotatable bonds is 4. The van der Waals surface area contributed by atoms with E-state index in [-0.39, 0.29) is 17.1 Å². The van der Waals surface area contributed by atoms with Gasteiger partial charge in [0.15, 0.2) is 0 Å². The van der Waals surface area contributed by atoms with Crippen LogP contribution in [0, 0.1) is 5.82 Å². The molecule has 100 valence electrons. The van der Waals surface area contributed by atoms with Gasteiger partial charge in [0.1, 0.15) is 11.5 Å². The number of halogens is 1. The number of hydrogen-bond donors (Lipinski definition) is 1. The summed E-state index contributed by atoms with van der Waals surface area (Å²) in [7, 11) is 0. The van der Waals surface area contributed by atoms with Crippen molar-refractivity contribution in [3.63, 3.8) is 0 Å². The molecule has 0 aliphatic carbocycles. The summed E-state index contributed by atoms with van der Waals surface area (Å²) < 4.78 is 14.3. The molecule has 0 bridgehead atoms. The van der Waals surface area contributed by atoms with E-state index in [1.165, 1.54) is 22.9 Å². The molecule has 0 aliphatic heterocycles. The molecule has 0 atom stereocenters. The van der Waals surface area contributed by atoms with Gasteiger partial charge in [0.25, 0.3) is 5.56 Å². The van der Waals surface area contributed by atoms with E-state index in [1.807, 2.05) is 6.92 Å². The number of benzene rings is 1. The molecule has 0 aliphatic rings. The Morgan fingerprint density at radius 2 is 2.00 bits per heavy atom. The molecule has 0 fully saturated rings. The predicted molar refractivity (Wildman–Crippen MR) is 73.2 cm³/mol. The molecule has 19 heavy (non-hydrogen) atoms. The molecule has 0 saturated heterocycles. The van der Waals surface area contributed by atoms with Crippen molar-refractivity contribution in [1.82, 2.24) is 9.78 Å². The highest BCUT2D eigenvalue weighted by atomic mass is 19.1. The van der Waals surface area contributed by atoms with Crippen LogP contribution < -0.4 is 11.3 Å². The van der Waals surface area contributed by atoms with Crippen LogP contribution in [0.2, 0.25) is 0 Å². The van der Waals surface area contributed by atoms with Crippen LogP contribution in [0.1, 0.15) is 19.8 Å². The first-order valence-electron chi connectivity index (χ1n) is 6.25. The lowest BCUT2D eigenvalue weighted by Gasteiger charge is -2.08. The fraction of sp³-hybridized carbons (Fsp3) is 0.286. The number of aromatic nitrogens is 2. The molecule has 4 nitrogen and oxygen atoms in total. The Hall–Kier alpha value is -2.17. The molecule has 2 aromatic rings. The van der Waals surface area contributed by atoms with Gasteiger partial charge < -0.3 is 5.73 Å². The van der Waals surface area contributed by atoms with Crippen molar-refractivity contribution < 1.29 is 4.39 Å². The second-order valence-electron chi connectivity index (χ2n) is 4.37. The molecular weight excluding hydrogens is 245 g/mol. The van der Waals surface area contributed by atoms with Gasteiger partial charge in [0.2, 0.25) is 0 Å². The molecule has 0 spiro atoms. The van der Waals surface area contributed by atoms with E-state index in [2.05, 4.69) is 5.10 Å². The zero-order chi connectivity index (χ0) is 13.8. The first kappa shape index (κ1) is 13.3. The van der Waals surface area contributed by atoms with E-state index < -0.39 is 0 Å². The molecular formula is C14H16FN3O. The SMILES string of the molecule is CCCCn1nc(-c2ccc(F)cc2)cc(N)c1=O. The maximum atomic E-state index is 12.9. The zero-order valence-electron chi connectivity index (χ0n) is 10.8. The smallest absolute Gasteiger partial charge is 0.289 e. The predicted octanol–water partition coefficient (Wildman–Crippen LogP) is 2.43. The Kier molecular flexibility index (Phi) is 3.94. The first-order chi connectivity index (χ1) is 9.11. The molecule has 5 heteroatoms. The Morgan fingerprint density at radius 1 is 1.32 bits per heavy atom. The van der Waals surface area contributed by atoms with E-state index in [0.29, 0.717) is 12.2 Å². The van der Waals surface area contributed by atoms with Gasteiger partial charge in [-0.2, -0.15) is 5.10 Å². The lowest BCUT2D eigenvalue weighted by molar-refractivity contribution is 0.546. The number of aryl methyl sites for hydroxylation is 1. The summed E-state index contributed by atoms with van der Waals surface area (Å²) in [6, 6.07) is 7.47. The fourth-order valence-electron chi connectivity index (χ4n) is 1.78. The van der Waals surface area contributed by atoms with E-state index >= 15 is 0 Å². The van der Waals surface area contributed by atoms with Gasteiger partial charge in [-0.05, 0) is 36.8 Å². The van der Waals surface area contributed by atoms with Crippen LogP contribution in [0.15, 0.2) is 35.1 Å². The highest BCUT2D eigenvalue weighted by Gasteiger charge is 2.07. The van der Waals surface area contributed by atoms with E-state index in [9.17, 15) is 9.18 Å². The van der Waals surface area contributed by atoms with Gasteiger partial charge in [0.05, 0.1) is 5.69 Å². The third-order valence-corrected chi connectivity index (χ3v) is 2.87. The molecule has 0 radical (unpaired) electrons. The van der Waals surface area contributed by atoms with Crippen LogP contribution in [0.4, 0.5) is 10.1 Å². The lowest BCUT2D eigenvalue weighted by atomic mass is 10.1. The standard InChI is InChI=1S/C14H16FN3O/c1-2-3-8-18-14(19)12(16)9-13(17-18)10-4-6-11(15)7-5-10/h4-7,9H,2-3,8,16H2,1H3. The Balaban J connectivity index is 2.44. The topological polar surface area (TPSA) is 60.9 Å². The Bertz CT molecular complexity index is 620. The third-order valence-electron chi connectivity index (χ3n) is 2.87. The van der Waals surface area contributed by atoms with Crippen LogP contribution >= 0.6 is 0 Å². The van der Waals surface area contributed by atoms with Gasteiger partial charge in [-0.15, -0.1) is 0 Å². The van der Waals surface area contributed by atoms with E-state index in [4.69, 9.17) is 5.73 Å². The molecule has 2 N–H and O–H groups in total. The van der Waals surface area contributed by atoms with Crippen molar-refractivity contribution in [2.75, 3.05) is 5.73 Å². The molecule has 1 heterocycles. The summed E-state index contributed by atoms with van der Waals surface area (Å²) in [5.41, 5.74) is 6.90. The highest BCUT2D eigenvalue weighted by Crippen LogP contribution is 2.17. The summed E-state index contributed by atoms with van der Waals surface area (Å²) in [5.74, 6) is -0.309. The maximum absolute atomic E-state index is 12.9. The number of anilines is 1.